The summed E-state index contributed by atoms with van der Waals surface area (Å²) in [7, 11) is 0. The molecule has 0 aromatic carbocycles. The first-order chi connectivity index (χ1) is 30.0. The topological polar surface area (TPSA) is 78.9 Å². The first-order valence-electron chi connectivity index (χ1n) is 26.1. The molecule has 0 radical (unpaired) electrons. The van der Waals surface area contributed by atoms with E-state index in [0.29, 0.717) is 19.3 Å². The van der Waals surface area contributed by atoms with Gasteiger partial charge in [0.05, 0.1) is 0 Å². The van der Waals surface area contributed by atoms with Gasteiger partial charge in [0.2, 0.25) is 0 Å². The van der Waals surface area contributed by atoms with Crippen LogP contribution in [0, 0.1) is 0 Å². The molecule has 0 fully saturated rings. The summed E-state index contributed by atoms with van der Waals surface area (Å²) in [6, 6.07) is 0. The van der Waals surface area contributed by atoms with E-state index in [4.69, 9.17) is 14.2 Å². The third kappa shape index (κ3) is 48.3. The highest BCUT2D eigenvalue weighted by Crippen LogP contribution is 2.15. The number of carbonyl (C=O) groups is 3. The molecule has 0 saturated heterocycles. The van der Waals surface area contributed by atoms with Crippen molar-refractivity contribution in [1.29, 1.82) is 0 Å². The van der Waals surface area contributed by atoms with Crippen LogP contribution in [0.2, 0.25) is 0 Å². The molecular weight excluding hydrogens is 757 g/mol. The fourth-order valence-electron chi connectivity index (χ4n) is 7.33. The lowest BCUT2D eigenvalue weighted by molar-refractivity contribution is -0.167. The zero-order valence-corrected chi connectivity index (χ0v) is 40.4. The Morgan fingerprint density at radius 1 is 0.328 bits per heavy atom. The Hall–Kier alpha value is -2.63. The van der Waals surface area contributed by atoms with Gasteiger partial charge in [-0.15, -0.1) is 0 Å². The number of carbonyl (C=O) groups excluding carboxylic acids is 3. The van der Waals surface area contributed by atoms with Gasteiger partial charge in [0.1, 0.15) is 13.2 Å². The molecule has 0 aliphatic heterocycles. The molecule has 0 bridgehead atoms. The van der Waals surface area contributed by atoms with Crippen molar-refractivity contribution in [3.05, 3.63) is 48.6 Å². The van der Waals surface area contributed by atoms with Crippen molar-refractivity contribution in [3.63, 3.8) is 0 Å². The van der Waals surface area contributed by atoms with Crippen LogP contribution in [0.25, 0.3) is 0 Å². The minimum Gasteiger partial charge on any atom is -0.462 e. The monoisotopic (exact) mass is 855 g/mol. The number of allylic oxidation sites excluding steroid dienone is 8. The number of hydrogen-bond acceptors (Lipinski definition) is 6. The summed E-state index contributed by atoms with van der Waals surface area (Å²) in [5, 5.41) is 0. The molecule has 6 nitrogen and oxygen atoms in total. The molecule has 0 aromatic rings. The predicted molar refractivity (Wildman–Crippen MR) is 261 cm³/mol. The van der Waals surface area contributed by atoms with Gasteiger partial charge in [-0.2, -0.15) is 0 Å². The predicted octanol–water partition coefficient (Wildman–Crippen LogP) is 17.1. The second-order valence-electron chi connectivity index (χ2n) is 17.4. The van der Waals surface area contributed by atoms with E-state index in [9.17, 15) is 14.4 Å². The van der Waals surface area contributed by atoms with E-state index >= 15 is 0 Å². The highest BCUT2D eigenvalue weighted by molar-refractivity contribution is 5.71. The molecule has 0 N–H and O–H groups in total. The highest BCUT2D eigenvalue weighted by Gasteiger charge is 2.19. The van der Waals surface area contributed by atoms with Gasteiger partial charge in [0.25, 0.3) is 0 Å². The largest absolute Gasteiger partial charge is 0.462 e. The summed E-state index contributed by atoms with van der Waals surface area (Å²) < 4.78 is 16.8. The summed E-state index contributed by atoms with van der Waals surface area (Å²) >= 11 is 0. The molecule has 61 heavy (non-hydrogen) atoms. The van der Waals surface area contributed by atoms with Gasteiger partial charge in [0.15, 0.2) is 6.10 Å². The summed E-state index contributed by atoms with van der Waals surface area (Å²) in [6.07, 6.45) is 59.4. The fourth-order valence-corrected chi connectivity index (χ4v) is 7.33. The van der Waals surface area contributed by atoms with E-state index in [2.05, 4.69) is 69.4 Å². The lowest BCUT2D eigenvalue weighted by atomic mass is 10.0. The average molecular weight is 855 g/mol. The number of ether oxygens (including phenoxy) is 3. The molecule has 0 aliphatic rings. The summed E-state index contributed by atoms with van der Waals surface area (Å²) in [5.74, 6) is -0.905. The Bertz CT molecular complexity index is 1070. The zero-order chi connectivity index (χ0) is 44.4. The number of esters is 3. The summed E-state index contributed by atoms with van der Waals surface area (Å²) in [4.78, 5) is 38.0. The second-order valence-corrected chi connectivity index (χ2v) is 17.4. The van der Waals surface area contributed by atoms with Crippen LogP contribution < -0.4 is 0 Å². The number of rotatable bonds is 47. The van der Waals surface area contributed by atoms with Gasteiger partial charge in [-0.05, 0) is 83.5 Å². The first-order valence-corrected chi connectivity index (χ1v) is 26.1. The van der Waals surface area contributed by atoms with Gasteiger partial charge in [-0.1, -0.05) is 211 Å². The summed E-state index contributed by atoms with van der Waals surface area (Å²) in [6.45, 7) is 6.58. The Balaban J connectivity index is 4.40. The first kappa shape index (κ1) is 58.4. The third-order valence-corrected chi connectivity index (χ3v) is 11.3. The van der Waals surface area contributed by atoms with E-state index in [1.807, 2.05) is 0 Å². The Kier molecular flexibility index (Phi) is 47.9. The highest BCUT2D eigenvalue weighted by atomic mass is 16.6. The molecule has 0 heterocycles. The second kappa shape index (κ2) is 50.0. The SMILES string of the molecule is CCCCC/C=C\C/C=C\C/C=C\CCCCCCC(=O)OC[C@@H](COC(=O)CCCCCCCCCCCCCCC)OC(=O)CCCCCCC/C=C\CCCCCC. The van der Waals surface area contributed by atoms with Crippen LogP contribution in [0.5, 0.6) is 0 Å². The van der Waals surface area contributed by atoms with Crippen molar-refractivity contribution in [2.75, 3.05) is 13.2 Å². The molecule has 6 heteroatoms. The summed E-state index contributed by atoms with van der Waals surface area (Å²) in [5.41, 5.74) is 0. The van der Waals surface area contributed by atoms with Crippen LogP contribution in [0.15, 0.2) is 48.6 Å². The Morgan fingerprint density at radius 2 is 0.590 bits per heavy atom. The van der Waals surface area contributed by atoms with Gasteiger partial charge < -0.3 is 14.2 Å². The Morgan fingerprint density at radius 3 is 0.984 bits per heavy atom. The lowest BCUT2D eigenvalue weighted by Crippen LogP contribution is -2.30. The lowest BCUT2D eigenvalue weighted by Gasteiger charge is -2.18. The van der Waals surface area contributed by atoms with Crippen LogP contribution in [0.4, 0.5) is 0 Å². The van der Waals surface area contributed by atoms with Crippen molar-refractivity contribution in [3.8, 4) is 0 Å². The van der Waals surface area contributed by atoms with E-state index in [1.54, 1.807) is 0 Å². The van der Waals surface area contributed by atoms with Gasteiger partial charge in [-0.25, -0.2) is 0 Å². The quantitative estimate of drug-likeness (QED) is 0.0263. The normalized spacial score (nSPS) is 12.4. The molecule has 0 saturated carbocycles. The molecule has 0 aliphatic carbocycles. The molecular formula is C55H98O6. The number of hydrogen-bond donors (Lipinski definition) is 0. The van der Waals surface area contributed by atoms with Crippen molar-refractivity contribution in [2.45, 2.75) is 271 Å². The average Bonchev–Trinajstić information content (AvgIpc) is 3.26. The van der Waals surface area contributed by atoms with Gasteiger partial charge in [-0.3, -0.25) is 14.4 Å². The zero-order valence-electron chi connectivity index (χ0n) is 40.4. The van der Waals surface area contributed by atoms with Crippen LogP contribution in [0.3, 0.4) is 0 Å². The molecule has 0 unspecified atom stereocenters. The molecule has 0 rings (SSSR count). The van der Waals surface area contributed by atoms with Crippen molar-refractivity contribution in [1.82, 2.24) is 0 Å². The van der Waals surface area contributed by atoms with Crippen molar-refractivity contribution < 1.29 is 28.6 Å². The smallest absolute Gasteiger partial charge is 0.306 e. The molecule has 0 amide bonds. The maximum absolute atomic E-state index is 12.8. The molecule has 0 spiro atoms. The minimum atomic E-state index is -0.783. The van der Waals surface area contributed by atoms with Crippen LogP contribution in [0.1, 0.15) is 265 Å². The van der Waals surface area contributed by atoms with Crippen LogP contribution in [-0.2, 0) is 28.6 Å². The van der Waals surface area contributed by atoms with Crippen LogP contribution in [-0.4, -0.2) is 37.2 Å². The van der Waals surface area contributed by atoms with Gasteiger partial charge in [0, 0.05) is 19.3 Å². The standard InChI is InChI=1S/C55H98O6/c1-4-7-10-13-16-19-22-25-26-27-28-31-33-36-39-42-45-48-54(57)60-51-52(61-55(58)49-46-43-40-37-34-30-24-21-18-15-12-9-6-3)50-59-53(56)47-44-41-38-35-32-29-23-20-17-14-11-8-5-2/h16,19,21,24-26,28,31,52H,4-15,17-18,20,22-23,27,29-30,32-51H2,1-3H3/b19-16-,24-21-,26-25-,31-28-/t52-/m1/s1. The number of unbranched alkanes of at least 4 members (excludes halogenated alkanes) is 28. The van der Waals surface area contributed by atoms with E-state index < -0.39 is 6.10 Å². The van der Waals surface area contributed by atoms with Crippen molar-refractivity contribution >= 4 is 17.9 Å². The van der Waals surface area contributed by atoms with Crippen LogP contribution >= 0.6 is 0 Å². The van der Waals surface area contributed by atoms with E-state index in [0.717, 1.165) is 96.3 Å². The molecule has 354 valence electrons. The van der Waals surface area contributed by atoms with E-state index in [-0.39, 0.29) is 31.1 Å². The fraction of sp³-hybridized carbons (Fsp3) is 0.800. The maximum Gasteiger partial charge on any atom is 0.306 e. The van der Waals surface area contributed by atoms with E-state index in [1.165, 1.54) is 128 Å². The van der Waals surface area contributed by atoms with Crippen molar-refractivity contribution in [2.24, 2.45) is 0 Å². The molecule has 1 atom stereocenters. The van der Waals surface area contributed by atoms with Gasteiger partial charge >= 0.3 is 17.9 Å². The molecule has 0 aromatic heterocycles. The maximum atomic E-state index is 12.8. The Labute approximate surface area is 378 Å². The minimum absolute atomic E-state index is 0.0814. The third-order valence-electron chi connectivity index (χ3n) is 11.3.